The number of fused-ring (bicyclic) bond motifs is 8. The molecule has 12 aliphatic rings. The Bertz CT molecular complexity index is 6190. The van der Waals surface area contributed by atoms with Crippen molar-refractivity contribution < 1.29 is 46.9 Å². The number of likely N-dealkylation sites (N-methyl/N-ethyl adjacent to an activating group) is 1. The summed E-state index contributed by atoms with van der Waals surface area (Å²) >= 11 is 0. The molecule has 0 bridgehead atoms. The van der Waals surface area contributed by atoms with E-state index < -0.39 is 12.3 Å². The number of carbonyl (C=O) groups is 4. The average molecular weight is 1900 g/mol. The lowest BCUT2D eigenvalue weighted by Gasteiger charge is -2.29. The minimum atomic E-state index is -2.30. The highest BCUT2D eigenvalue weighted by atomic mass is 19.3. The molecule has 24 rings (SSSR count). The Kier molecular flexibility index (Phi) is 27.6. The second-order valence-electron chi connectivity index (χ2n) is 41.1. The number of carbonyl (C=O) groups excluding carboxylic acids is 4. The summed E-state index contributed by atoms with van der Waals surface area (Å²) in [5.41, 5.74) is 18.0. The van der Waals surface area contributed by atoms with Crippen LogP contribution in [-0.4, -0.2) is 265 Å². The van der Waals surface area contributed by atoms with Crippen LogP contribution >= 0.6 is 0 Å². The van der Waals surface area contributed by atoms with Crippen molar-refractivity contribution in [3.63, 3.8) is 0 Å². The number of halogens is 2. The molecule has 4 amide bonds. The van der Waals surface area contributed by atoms with Crippen LogP contribution in [0.4, 0.5) is 32.1 Å². The van der Waals surface area contributed by atoms with Gasteiger partial charge < -0.3 is 63.0 Å². The predicted octanol–water partition coefficient (Wildman–Crippen LogP) is 16.3. The SMILES string of the molecule is CC(=O)N1CCc2c(c(-c3cccc4cc(N5CCC(C(F)F)C5)ncc34)nn2C2CCOCC2)C1.CC(=O)N1CCc2c(c(-c3cccc4cc(N5CC[C@@H](C)C5)ncc34)nn2C2CCOCC2)C1.CC(=O)N1CCc2c(c(-c3cccc4cc(N5CC[C@H](C)C5)ncc34)nn2C2CCOCC2)C1.CC(=O)N1CCc2c(c(-c3cccc4cc(N5CC[C@H](N(C)C)C5)ncc34)nn2C2CCOCC2)C1. The van der Waals surface area contributed by atoms with Gasteiger partial charge in [0.25, 0.3) is 0 Å². The average Bonchev–Trinajstić information content (AvgIpc) is 1.61. The lowest BCUT2D eigenvalue weighted by Crippen LogP contribution is -2.35. The van der Waals surface area contributed by atoms with Crippen LogP contribution < -0.4 is 19.6 Å². The van der Waals surface area contributed by atoms with Gasteiger partial charge in [0.1, 0.15) is 23.3 Å². The normalized spacial score (nSPS) is 21.1. The fraction of sp³-hybridized carbons (Fsp3) is 0.523. The van der Waals surface area contributed by atoms with Gasteiger partial charge in [0, 0.05) is 337 Å². The highest BCUT2D eigenvalue weighted by Gasteiger charge is 2.39. The first-order chi connectivity index (χ1) is 68.1. The van der Waals surface area contributed by atoms with Crippen LogP contribution in [0.1, 0.15) is 188 Å². The highest BCUT2D eigenvalue weighted by molar-refractivity contribution is 6.01. The third-order valence-electron chi connectivity index (χ3n) is 31.9. The lowest BCUT2D eigenvalue weighted by atomic mass is 9.97. The van der Waals surface area contributed by atoms with E-state index in [9.17, 15) is 28.0 Å². The molecular weight excluding hydrogens is 1770 g/mol. The van der Waals surface area contributed by atoms with E-state index in [2.05, 4.69) is 150 Å². The zero-order chi connectivity index (χ0) is 96.1. The summed E-state index contributed by atoms with van der Waals surface area (Å²) in [5, 5.41) is 29.8. The van der Waals surface area contributed by atoms with E-state index in [0.717, 1.165) is 296 Å². The molecule has 4 aromatic carbocycles. The van der Waals surface area contributed by atoms with Gasteiger partial charge in [-0.15, -0.1) is 0 Å². The molecule has 12 aliphatic heterocycles. The Hall–Kier alpha value is -11.9. The number of hydrogen-bond donors (Lipinski definition) is 0. The molecule has 0 radical (unpaired) electrons. The molecule has 0 aliphatic carbocycles. The van der Waals surface area contributed by atoms with Crippen LogP contribution in [-0.2, 0) is 90.0 Å². The van der Waals surface area contributed by atoms with Crippen LogP contribution in [0.2, 0.25) is 0 Å². The van der Waals surface area contributed by atoms with E-state index in [-0.39, 0.29) is 23.6 Å². The minimum Gasteiger partial charge on any atom is -0.381 e. The van der Waals surface area contributed by atoms with Crippen LogP contribution in [0, 0.1) is 17.8 Å². The Balaban J connectivity index is 0.000000111. The van der Waals surface area contributed by atoms with Crippen molar-refractivity contribution in [1.82, 2.24) is 83.6 Å². The molecule has 0 spiro atoms. The third kappa shape index (κ3) is 19.3. The molecule has 1 unspecified atom stereocenters. The summed E-state index contributed by atoms with van der Waals surface area (Å²) < 4.78 is 57.8. The van der Waals surface area contributed by atoms with Gasteiger partial charge in [-0.2, -0.15) is 20.4 Å². The second kappa shape index (κ2) is 41.0. The van der Waals surface area contributed by atoms with Crippen molar-refractivity contribution in [1.29, 1.82) is 0 Å². The molecule has 31 heteroatoms. The number of aromatic nitrogens is 12. The molecular formula is C109H133F2N21O8. The fourth-order valence-electron chi connectivity index (χ4n) is 23.7. The van der Waals surface area contributed by atoms with Gasteiger partial charge in [-0.05, 0) is 149 Å². The van der Waals surface area contributed by atoms with Gasteiger partial charge in [0.15, 0.2) is 0 Å². The zero-order valence-electron chi connectivity index (χ0n) is 82.4. The van der Waals surface area contributed by atoms with E-state index >= 15 is 0 Å². The zero-order valence-corrected chi connectivity index (χ0v) is 82.4. The topological polar surface area (TPSA) is 257 Å². The van der Waals surface area contributed by atoms with Gasteiger partial charge >= 0.3 is 0 Å². The Morgan fingerprint density at radius 2 is 0.607 bits per heavy atom. The monoisotopic (exact) mass is 1900 g/mol. The number of rotatable bonds is 14. The molecule has 0 saturated carbocycles. The van der Waals surface area contributed by atoms with Crippen molar-refractivity contribution in [2.45, 2.75) is 207 Å². The minimum absolute atomic E-state index is 0.0716. The largest absolute Gasteiger partial charge is 0.381 e. The molecule has 8 saturated heterocycles. The van der Waals surface area contributed by atoms with Crippen molar-refractivity contribution in [2.24, 2.45) is 17.8 Å². The Morgan fingerprint density at radius 1 is 0.343 bits per heavy atom. The molecule has 0 N–H and O–H groups in total. The van der Waals surface area contributed by atoms with Gasteiger partial charge in [0.05, 0.1) is 46.9 Å². The molecule has 4 atom stereocenters. The van der Waals surface area contributed by atoms with Crippen molar-refractivity contribution in [3.8, 4) is 45.0 Å². The lowest BCUT2D eigenvalue weighted by molar-refractivity contribution is -0.130. The standard InChI is InChI=1S/C28H36N6O2.C27H31F2N5O2.2C27H33N5O2/c1-19(35)32-12-8-26-25(18-32)28(30-34(26)21-9-13-36-14-10-21)23-6-4-5-20-15-27(29-16-24(20)23)33-11-7-22(17-33)31(2)3;1-17(35)32-10-6-24-23(16-32)26(31-34(24)20-7-11-36-12-8-20)21-4-2-3-18-13-25(30-14-22(18)21)33-9-5-19(15-33)27(28)29;2*1-18-6-10-31(16-18)26-14-20-4-3-5-22(23(20)15-28-26)27-24-17-30(19(2)33)11-7-25(24)32(29-27)21-8-12-34-13-9-21/h4-6,15-16,21-22H,7-14,17-18H2,1-3H3;2-4,13-14,19-20,27H,5-12,15-16H2,1H3;2*3-5,14-15,18,21H,6-13,16-17H2,1-2H3/t22-;;2*18-/m0.10/s1. The summed E-state index contributed by atoms with van der Waals surface area (Å²) in [6.45, 7) is 30.0. The molecule has 12 aromatic rings. The maximum atomic E-state index is 13.2. The van der Waals surface area contributed by atoms with Gasteiger partial charge in [-0.25, -0.2) is 28.7 Å². The number of nitrogens with zero attached hydrogens (tertiary/aromatic N) is 21. The quantitative estimate of drug-likeness (QED) is 0.0980. The first-order valence-corrected chi connectivity index (χ1v) is 51.4. The van der Waals surface area contributed by atoms with Gasteiger partial charge in [-0.3, -0.25) is 37.9 Å². The van der Waals surface area contributed by atoms with Crippen LogP contribution in [0.25, 0.3) is 88.1 Å². The van der Waals surface area contributed by atoms with Gasteiger partial charge in [-0.1, -0.05) is 86.6 Å². The molecule has 8 fully saturated rings. The van der Waals surface area contributed by atoms with E-state index in [0.29, 0.717) is 94.3 Å². The number of ether oxygens (including phenoxy) is 4. The molecule has 8 aromatic heterocycles. The first-order valence-electron chi connectivity index (χ1n) is 51.4. The number of hydrogen-bond acceptors (Lipinski definition) is 21. The van der Waals surface area contributed by atoms with Crippen molar-refractivity contribution in [2.75, 3.05) is 165 Å². The van der Waals surface area contributed by atoms with Crippen molar-refractivity contribution in [3.05, 3.63) is 167 Å². The summed E-state index contributed by atoms with van der Waals surface area (Å²) in [7, 11) is 4.31. The molecule has 29 nitrogen and oxygen atoms in total. The Morgan fingerprint density at radius 3 is 0.850 bits per heavy atom. The van der Waals surface area contributed by atoms with E-state index in [1.54, 1.807) is 27.7 Å². The highest BCUT2D eigenvalue weighted by Crippen LogP contribution is 2.46. The van der Waals surface area contributed by atoms with E-state index in [4.69, 9.17) is 54.3 Å². The maximum Gasteiger partial charge on any atom is 0.243 e. The number of alkyl halides is 2. The number of anilines is 4. The summed E-state index contributed by atoms with van der Waals surface area (Å²) in [5.74, 6) is 5.18. The van der Waals surface area contributed by atoms with Crippen LogP contribution in [0.5, 0.6) is 0 Å². The second-order valence-corrected chi connectivity index (χ2v) is 41.1. The summed E-state index contributed by atoms with van der Waals surface area (Å²) in [4.78, 5) is 87.5. The number of amides is 4. The maximum absolute atomic E-state index is 13.2. The molecule has 140 heavy (non-hydrogen) atoms. The number of pyridine rings is 4. The third-order valence-corrected chi connectivity index (χ3v) is 31.9. The summed E-state index contributed by atoms with van der Waals surface area (Å²) in [6.07, 6.45) is 20.8. The van der Waals surface area contributed by atoms with Crippen LogP contribution in [0.15, 0.2) is 122 Å². The summed E-state index contributed by atoms with van der Waals surface area (Å²) in [6, 6.07) is 36.1. The van der Waals surface area contributed by atoms with E-state index in [1.165, 1.54) is 68.5 Å². The van der Waals surface area contributed by atoms with Crippen molar-refractivity contribution >= 4 is 90.0 Å². The Labute approximate surface area is 817 Å². The van der Waals surface area contributed by atoms with Crippen LogP contribution in [0.3, 0.4) is 0 Å². The smallest absolute Gasteiger partial charge is 0.243 e. The molecule has 20 heterocycles. The fourth-order valence-corrected chi connectivity index (χ4v) is 23.7. The van der Waals surface area contributed by atoms with E-state index in [1.807, 2.05) is 67.5 Å². The van der Waals surface area contributed by atoms with Gasteiger partial charge in [0.2, 0.25) is 30.1 Å². The predicted molar refractivity (Wildman–Crippen MR) is 540 cm³/mol. The molecule has 736 valence electrons. The first kappa shape index (κ1) is 94.3. The number of benzene rings is 4.